The fourth-order valence-corrected chi connectivity index (χ4v) is 2.54. The van der Waals surface area contributed by atoms with Gasteiger partial charge in [-0.1, -0.05) is 12.1 Å². The Morgan fingerprint density at radius 2 is 1.86 bits per heavy atom. The lowest BCUT2D eigenvalue weighted by molar-refractivity contribution is 0.251. The molecule has 1 aliphatic heterocycles. The molecule has 0 aliphatic carbocycles. The van der Waals surface area contributed by atoms with Crippen molar-refractivity contribution in [2.45, 2.75) is 6.04 Å². The Hall–Kier alpha value is -1.95. The van der Waals surface area contributed by atoms with E-state index in [9.17, 15) is 13.6 Å². The largest absolute Gasteiger partial charge is 0.329 e. The summed E-state index contributed by atoms with van der Waals surface area (Å²) in [5.74, 6) is -0.750. The molecule has 3 rings (SSSR count). The second-order valence-corrected chi connectivity index (χ2v) is 5.62. The third-order valence-electron chi connectivity index (χ3n) is 3.40. The number of hydrogen-bond acceptors (Lipinski definition) is 1. The molecular formula is C15H11BrF2N2O. The van der Waals surface area contributed by atoms with Gasteiger partial charge in [-0.15, -0.1) is 0 Å². The van der Waals surface area contributed by atoms with Crippen LogP contribution in [-0.4, -0.2) is 12.6 Å². The molecule has 2 aromatic rings. The highest BCUT2D eigenvalue weighted by Gasteiger charge is 2.31. The summed E-state index contributed by atoms with van der Waals surface area (Å²) in [5, 5.41) is 2.80. The number of hydrogen-bond donors (Lipinski definition) is 1. The molecule has 2 amide bonds. The molecule has 2 aromatic carbocycles. The molecule has 0 radical (unpaired) electrons. The molecular weight excluding hydrogens is 342 g/mol. The van der Waals surface area contributed by atoms with Crippen molar-refractivity contribution >= 4 is 27.6 Å². The molecule has 1 unspecified atom stereocenters. The van der Waals surface area contributed by atoms with E-state index >= 15 is 0 Å². The molecule has 1 fully saturated rings. The van der Waals surface area contributed by atoms with E-state index < -0.39 is 5.82 Å². The molecule has 1 atom stereocenters. The van der Waals surface area contributed by atoms with Crippen LogP contribution in [0, 0.1) is 11.6 Å². The van der Waals surface area contributed by atoms with E-state index in [0.717, 1.165) is 5.56 Å². The van der Waals surface area contributed by atoms with Crippen molar-refractivity contribution in [3.8, 4) is 0 Å². The highest BCUT2D eigenvalue weighted by molar-refractivity contribution is 9.10. The molecule has 1 aliphatic rings. The summed E-state index contributed by atoms with van der Waals surface area (Å²) in [4.78, 5) is 13.5. The number of benzene rings is 2. The summed E-state index contributed by atoms with van der Waals surface area (Å²) in [6, 6.07) is 9.95. The van der Waals surface area contributed by atoms with Crippen LogP contribution in [0.3, 0.4) is 0 Å². The SMILES string of the molecule is O=C1NC(c2ccc(F)cc2)CN1c1ccc(Br)c(F)c1. The summed E-state index contributed by atoms with van der Waals surface area (Å²) < 4.78 is 26.9. The molecule has 0 aromatic heterocycles. The predicted octanol–water partition coefficient (Wildman–Crippen LogP) is 4.00. The Bertz CT molecular complexity index is 691. The van der Waals surface area contributed by atoms with Crippen LogP contribution in [0.1, 0.15) is 11.6 Å². The lowest BCUT2D eigenvalue weighted by Crippen LogP contribution is -2.27. The van der Waals surface area contributed by atoms with Crippen LogP contribution in [0.5, 0.6) is 0 Å². The van der Waals surface area contributed by atoms with Gasteiger partial charge in [-0.3, -0.25) is 4.90 Å². The van der Waals surface area contributed by atoms with Gasteiger partial charge in [-0.05, 0) is 51.8 Å². The van der Waals surface area contributed by atoms with Crippen LogP contribution in [0.25, 0.3) is 0 Å². The van der Waals surface area contributed by atoms with Gasteiger partial charge in [0, 0.05) is 5.69 Å². The number of halogens is 3. The molecule has 21 heavy (non-hydrogen) atoms. The topological polar surface area (TPSA) is 32.3 Å². The van der Waals surface area contributed by atoms with Gasteiger partial charge in [0.1, 0.15) is 11.6 Å². The Labute approximate surface area is 128 Å². The zero-order valence-corrected chi connectivity index (χ0v) is 12.4. The number of urea groups is 1. The minimum atomic E-state index is -0.425. The summed E-state index contributed by atoms with van der Waals surface area (Å²) in [6.45, 7) is 0.367. The zero-order chi connectivity index (χ0) is 15.0. The first-order chi connectivity index (χ1) is 10.0. The van der Waals surface area contributed by atoms with Crippen LogP contribution in [0.2, 0.25) is 0 Å². The van der Waals surface area contributed by atoms with E-state index in [1.807, 2.05) is 0 Å². The molecule has 108 valence electrons. The zero-order valence-electron chi connectivity index (χ0n) is 10.8. The van der Waals surface area contributed by atoms with Crippen LogP contribution < -0.4 is 10.2 Å². The summed E-state index contributed by atoms with van der Waals surface area (Å²) in [6.07, 6.45) is 0. The van der Waals surface area contributed by atoms with Crippen LogP contribution >= 0.6 is 15.9 Å². The molecule has 1 N–H and O–H groups in total. The van der Waals surface area contributed by atoms with Crippen molar-refractivity contribution in [1.29, 1.82) is 0 Å². The predicted molar refractivity (Wildman–Crippen MR) is 79.1 cm³/mol. The summed E-state index contributed by atoms with van der Waals surface area (Å²) in [5.41, 5.74) is 1.29. The van der Waals surface area contributed by atoms with Crippen LogP contribution in [-0.2, 0) is 0 Å². The van der Waals surface area contributed by atoms with E-state index in [4.69, 9.17) is 0 Å². The molecule has 0 saturated carbocycles. The number of anilines is 1. The fourth-order valence-electron chi connectivity index (χ4n) is 2.30. The molecule has 1 saturated heterocycles. The number of amides is 2. The smallest absolute Gasteiger partial charge is 0.322 e. The van der Waals surface area contributed by atoms with E-state index in [0.29, 0.717) is 16.7 Å². The van der Waals surface area contributed by atoms with Crippen molar-refractivity contribution in [3.63, 3.8) is 0 Å². The van der Waals surface area contributed by atoms with E-state index in [1.54, 1.807) is 24.3 Å². The maximum absolute atomic E-state index is 13.6. The summed E-state index contributed by atoms with van der Waals surface area (Å²) >= 11 is 3.08. The van der Waals surface area contributed by atoms with Gasteiger partial charge in [-0.25, -0.2) is 13.6 Å². The van der Waals surface area contributed by atoms with Crippen molar-refractivity contribution < 1.29 is 13.6 Å². The highest BCUT2D eigenvalue weighted by Crippen LogP contribution is 2.28. The number of nitrogens with zero attached hydrogens (tertiary/aromatic N) is 1. The summed E-state index contributed by atoms with van der Waals surface area (Å²) in [7, 11) is 0. The molecule has 0 bridgehead atoms. The average Bonchev–Trinajstić information content (AvgIpc) is 2.85. The second-order valence-electron chi connectivity index (χ2n) is 4.76. The average molecular weight is 353 g/mol. The monoisotopic (exact) mass is 352 g/mol. The Morgan fingerprint density at radius 3 is 2.52 bits per heavy atom. The van der Waals surface area contributed by atoms with Gasteiger partial charge in [0.05, 0.1) is 17.1 Å². The number of carbonyl (C=O) groups is 1. The minimum absolute atomic E-state index is 0.246. The first-order valence-corrected chi connectivity index (χ1v) is 7.12. The molecule has 0 spiro atoms. The first-order valence-electron chi connectivity index (χ1n) is 6.33. The van der Waals surface area contributed by atoms with Crippen molar-refractivity contribution in [2.24, 2.45) is 0 Å². The Kier molecular flexibility index (Phi) is 3.63. The standard InChI is InChI=1S/C15H11BrF2N2O/c16-12-6-5-11(7-13(12)18)20-8-14(19-15(20)21)9-1-3-10(17)4-2-9/h1-7,14H,8H2,(H,19,21). The van der Waals surface area contributed by atoms with Crippen LogP contribution in [0.15, 0.2) is 46.9 Å². The van der Waals surface area contributed by atoms with Crippen molar-refractivity contribution in [2.75, 3.05) is 11.4 Å². The van der Waals surface area contributed by atoms with Gasteiger partial charge in [0.2, 0.25) is 0 Å². The lowest BCUT2D eigenvalue weighted by Gasteiger charge is -2.15. The van der Waals surface area contributed by atoms with Crippen LogP contribution in [0.4, 0.5) is 19.3 Å². The Morgan fingerprint density at radius 1 is 1.14 bits per heavy atom. The first kappa shape index (κ1) is 14.0. The second kappa shape index (κ2) is 5.44. The fraction of sp³-hybridized carbons (Fsp3) is 0.133. The maximum atomic E-state index is 13.6. The normalized spacial score (nSPS) is 18.0. The minimum Gasteiger partial charge on any atom is -0.329 e. The van der Waals surface area contributed by atoms with E-state index in [1.165, 1.54) is 23.1 Å². The maximum Gasteiger partial charge on any atom is 0.322 e. The van der Waals surface area contributed by atoms with Gasteiger partial charge < -0.3 is 5.32 Å². The van der Waals surface area contributed by atoms with Crippen molar-refractivity contribution in [3.05, 3.63) is 64.1 Å². The van der Waals surface area contributed by atoms with Gasteiger partial charge in [0.25, 0.3) is 0 Å². The molecule has 6 heteroatoms. The van der Waals surface area contributed by atoms with Gasteiger partial charge in [-0.2, -0.15) is 0 Å². The molecule has 3 nitrogen and oxygen atoms in total. The highest BCUT2D eigenvalue weighted by atomic mass is 79.9. The third kappa shape index (κ3) is 2.76. The van der Waals surface area contributed by atoms with E-state index in [-0.39, 0.29) is 17.9 Å². The van der Waals surface area contributed by atoms with E-state index in [2.05, 4.69) is 21.2 Å². The van der Waals surface area contributed by atoms with Gasteiger partial charge in [0.15, 0.2) is 0 Å². The number of carbonyl (C=O) groups excluding carboxylic acids is 1. The number of rotatable bonds is 2. The quantitative estimate of drug-likeness (QED) is 0.870. The third-order valence-corrected chi connectivity index (χ3v) is 4.04. The van der Waals surface area contributed by atoms with Gasteiger partial charge >= 0.3 is 6.03 Å². The molecule has 1 heterocycles. The number of nitrogens with one attached hydrogen (secondary N) is 1. The Balaban J connectivity index is 1.84. The lowest BCUT2D eigenvalue weighted by atomic mass is 10.1. The van der Waals surface area contributed by atoms with Crippen molar-refractivity contribution in [1.82, 2.24) is 5.32 Å².